The number of methoxy groups -OCH3 is 1. The Morgan fingerprint density at radius 2 is 1.67 bits per heavy atom. The van der Waals surface area contributed by atoms with Crippen LogP contribution in [0.1, 0.15) is 21.5 Å². The summed E-state index contributed by atoms with van der Waals surface area (Å²) >= 11 is 0. The summed E-state index contributed by atoms with van der Waals surface area (Å²) in [5.74, 6) is 1.39. The molecule has 0 aromatic heterocycles. The van der Waals surface area contributed by atoms with Crippen molar-refractivity contribution in [2.75, 3.05) is 14.2 Å². The van der Waals surface area contributed by atoms with Crippen molar-refractivity contribution in [3.8, 4) is 11.5 Å². The molecule has 0 radical (unpaired) electrons. The minimum absolute atomic E-state index is 0.0638. The Bertz CT molecular complexity index is 893. The van der Waals surface area contributed by atoms with Gasteiger partial charge in [-0.2, -0.15) is 0 Å². The van der Waals surface area contributed by atoms with Gasteiger partial charge in [-0.3, -0.25) is 4.79 Å². The Morgan fingerprint density at radius 3 is 2.44 bits per heavy atom. The Labute approximate surface area is 160 Å². The van der Waals surface area contributed by atoms with Gasteiger partial charge in [-0.1, -0.05) is 54.6 Å². The quantitative estimate of drug-likeness (QED) is 0.620. The van der Waals surface area contributed by atoms with Crippen molar-refractivity contribution in [1.82, 2.24) is 4.90 Å². The molecule has 3 aromatic rings. The fourth-order valence-corrected chi connectivity index (χ4v) is 2.84. The largest absolute Gasteiger partial charge is 0.496 e. The molecule has 0 saturated carbocycles. The molecule has 4 nitrogen and oxygen atoms in total. The van der Waals surface area contributed by atoms with E-state index in [1.165, 1.54) is 0 Å². The van der Waals surface area contributed by atoms with Gasteiger partial charge in [0.2, 0.25) is 0 Å². The fourth-order valence-electron chi connectivity index (χ4n) is 2.84. The number of hydrogen-bond donors (Lipinski definition) is 0. The molecule has 27 heavy (non-hydrogen) atoms. The lowest BCUT2D eigenvalue weighted by Gasteiger charge is -2.19. The highest BCUT2D eigenvalue weighted by molar-refractivity contribution is 5.94. The zero-order valence-electron chi connectivity index (χ0n) is 15.6. The van der Waals surface area contributed by atoms with Crippen LogP contribution in [0.3, 0.4) is 0 Å². The van der Waals surface area contributed by atoms with Crippen LogP contribution in [0.25, 0.3) is 0 Å². The second-order valence-corrected chi connectivity index (χ2v) is 6.28. The van der Waals surface area contributed by atoms with Crippen LogP contribution in [-0.4, -0.2) is 25.0 Å². The number of nitrogens with zero attached hydrogens (tertiary/aromatic N) is 1. The summed E-state index contributed by atoms with van der Waals surface area (Å²) in [5, 5.41) is 0. The Morgan fingerprint density at radius 1 is 0.926 bits per heavy atom. The number of rotatable bonds is 7. The number of carbonyl (C=O) groups excluding carboxylic acids is 1. The molecule has 0 saturated heterocycles. The van der Waals surface area contributed by atoms with Crippen molar-refractivity contribution < 1.29 is 14.3 Å². The smallest absolute Gasteiger partial charge is 0.254 e. The zero-order valence-corrected chi connectivity index (χ0v) is 15.6. The number of ether oxygens (including phenoxy) is 2. The third-order valence-corrected chi connectivity index (χ3v) is 4.28. The molecular formula is C23H23NO3. The van der Waals surface area contributed by atoms with Gasteiger partial charge in [0.15, 0.2) is 0 Å². The maximum Gasteiger partial charge on any atom is 0.254 e. The van der Waals surface area contributed by atoms with Crippen LogP contribution in [0.5, 0.6) is 11.5 Å². The van der Waals surface area contributed by atoms with E-state index in [0.717, 1.165) is 16.9 Å². The summed E-state index contributed by atoms with van der Waals surface area (Å²) in [6.45, 7) is 0.938. The van der Waals surface area contributed by atoms with Crippen LogP contribution in [0.2, 0.25) is 0 Å². The lowest BCUT2D eigenvalue weighted by atomic mass is 10.1. The van der Waals surface area contributed by atoms with Crippen LogP contribution >= 0.6 is 0 Å². The first-order valence-corrected chi connectivity index (χ1v) is 8.81. The van der Waals surface area contributed by atoms with Crippen LogP contribution < -0.4 is 9.47 Å². The molecule has 138 valence electrons. The van der Waals surface area contributed by atoms with E-state index in [2.05, 4.69) is 0 Å². The van der Waals surface area contributed by atoms with Gasteiger partial charge < -0.3 is 14.4 Å². The Kier molecular flexibility index (Phi) is 6.10. The van der Waals surface area contributed by atoms with Crippen molar-refractivity contribution in [2.45, 2.75) is 13.2 Å². The van der Waals surface area contributed by atoms with Gasteiger partial charge in [-0.05, 0) is 29.8 Å². The molecule has 0 unspecified atom stereocenters. The van der Waals surface area contributed by atoms with Gasteiger partial charge in [0.05, 0.1) is 7.11 Å². The van der Waals surface area contributed by atoms with Crippen molar-refractivity contribution in [3.05, 3.63) is 95.6 Å². The highest BCUT2D eigenvalue weighted by Gasteiger charge is 2.14. The van der Waals surface area contributed by atoms with E-state index in [0.29, 0.717) is 24.5 Å². The van der Waals surface area contributed by atoms with E-state index in [1.807, 2.05) is 66.7 Å². The summed E-state index contributed by atoms with van der Waals surface area (Å²) in [5.41, 5.74) is 2.65. The molecule has 0 fully saturated rings. The lowest BCUT2D eigenvalue weighted by Crippen LogP contribution is -2.26. The molecule has 0 spiro atoms. The second-order valence-electron chi connectivity index (χ2n) is 6.28. The average Bonchev–Trinajstić information content (AvgIpc) is 2.73. The number of amides is 1. The fraction of sp³-hybridized carbons (Fsp3) is 0.174. The maximum atomic E-state index is 12.8. The minimum Gasteiger partial charge on any atom is -0.496 e. The number of benzene rings is 3. The third kappa shape index (κ3) is 4.88. The van der Waals surface area contributed by atoms with E-state index >= 15 is 0 Å². The van der Waals surface area contributed by atoms with E-state index in [9.17, 15) is 4.79 Å². The zero-order chi connectivity index (χ0) is 19.1. The number of hydrogen-bond acceptors (Lipinski definition) is 3. The van der Waals surface area contributed by atoms with Gasteiger partial charge in [0, 0.05) is 24.7 Å². The first-order valence-electron chi connectivity index (χ1n) is 8.81. The summed E-state index contributed by atoms with van der Waals surface area (Å²) in [6.07, 6.45) is 0. The van der Waals surface area contributed by atoms with E-state index in [4.69, 9.17) is 9.47 Å². The van der Waals surface area contributed by atoms with Crippen LogP contribution in [0, 0.1) is 0 Å². The highest BCUT2D eigenvalue weighted by Crippen LogP contribution is 2.21. The van der Waals surface area contributed by atoms with Gasteiger partial charge in [0.1, 0.15) is 18.1 Å². The SMILES string of the molecule is COc1ccccc1CN(C)C(=O)c1cccc(OCc2ccccc2)c1. The topological polar surface area (TPSA) is 38.8 Å². The molecule has 1 amide bonds. The maximum absolute atomic E-state index is 12.8. The van der Waals surface area contributed by atoms with Crippen LogP contribution in [0.15, 0.2) is 78.9 Å². The predicted molar refractivity (Wildman–Crippen MR) is 106 cm³/mol. The van der Waals surface area contributed by atoms with Crippen molar-refractivity contribution in [1.29, 1.82) is 0 Å². The summed E-state index contributed by atoms with van der Waals surface area (Å²) in [4.78, 5) is 14.5. The van der Waals surface area contributed by atoms with Crippen molar-refractivity contribution in [3.63, 3.8) is 0 Å². The molecule has 0 N–H and O–H groups in total. The van der Waals surface area contributed by atoms with E-state index in [1.54, 1.807) is 31.2 Å². The van der Waals surface area contributed by atoms with E-state index < -0.39 is 0 Å². The molecule has 3 aromatic carbocycles. The van der Waals surface area contributed by atoms with Crippen molar-refractivity contribution in [2.24, 2.45) is 0 Å². The molecular weight excluding hydrogens is 338 g/mol. The minimum atomic E-state index is -0.0638. The average molecular weight is 361 g/mol. The van der Waals surface area contributed by atoms with E-state index in [-0.39, 0.29) is 5.91 Å². The van der Waals surface area contributed by atoms with Gasteiger partial charge in [0.25, 0.3) is 5.91 Å². The lowest BCUT2D eigenvalue weighted by molar-refractivity contribution is 0.0783. The molecule has 0 atom stereocenters. The standard InChI is InChI=1S/C23H23NO3/c1-24(16-20-11-6-7-14-22(20)26-2)23(25)19-12-8-13-21(15-19)27-17-18-9-4-3-5-10-18/h3-15H,16-17H2,1-2H3. The van der Waals surface area contributed by atoms with Gasteiger partial charge in [-0.25, -0.2) is 0 Å². The van der Waals surface area contributed by atoms with Crippen molar-refractivity contribution >= 4 is 5.91 Å². The molecule has 4 heteroatoms. The molecule has 0 bridgehead atoms. The normalized spacial score (nSPS) is 10.3. The first-order chi connectivity index (χ1) is 13.2. The summed E-state index contributed by atoms with van der Waals surface area (Å²) in [7, 11) is 3.42. The molecule has 0 aliphatic carbocycles. The monoisotopic (exact) mass is 361 g/mol. The van der Waals surface area contributed by atoms with Gasteiger partial charge in [-0.15, -0.1) is 0 Å². The molecule has 3 rings (SSSR count). The predicted octanol–water partition coefficient (Wildman–Crippen LogP) is 4.55. The molecule has 0 aliphatic rings. The highest BCUT2D eigenvalue weighted by atomic mass is 16.5. The second kappa shape index (κ2) is 8.90. The van der Waals surface area contributed by atoms with Gasteiger partial charge >= 0.3 is 0 Å². The first kappa shape index (κ1) is 18.5. The third-order valence-electron chi connectivity index (χ3n) is 4.28. The Balaban J connectivity index is 1.67. The number of para-hydroxylation sites is 1. The number of carbonyl (C=O) groups is 1. The summed E-state index contributed by atoms with van der Waals surface area (Å²) < 4.78 is 11.2. The Hall–Kier alpha value is -3.27. The van der Waals surface area contributed by atoms with Crippen LogP contribution in [0.4, 0.5) is 0 Å². The van der Waals surface area contributed by atoms with Crippen LogP contribution in [-0.2, 0) is 13.2 Å². The summed E-state index contributed by atoms with van der Waals surface area (Å²) in [6, 6.07) is 24.9. The molecule has 0 aliphatic heterocycles. The molecule has 0 heterocycles.